The molecule has 0 radical (unpaired) electrons. The van der Waals surface area contributed by atoms with E-state index in [9.17, 15) is 4.79 Å². The fraction of sp³-hybridized carbons (Fsp3) is 0.381. The van der Waals surface area contributed by atoms with Gasteiger partial charge < -0.3 is 14.8 Å². The quantitative estimate of drug-likeness (QED) is 0.607. The SMILES string of the molecule is CCc1ccc(Cl)c(CC)c1NC(=O)CCCOc1ccc(OC)cc1. The molecule has 0 aliphatic carbocycles. The minimum atomic E-state index is -0.0185. The molecule has 0 saturated carbocycles. The summed E-state index contributed by atoms with van der Waals surface area (Å²) in [6.07, 6.45) is 2.67. The van der Waals surface area contributed by atoms with Crippen molar-refractivity contribution in [3.63, 3.8) is 0 Å². The van der Waals surface area contributed by atoms with Gasteiger partial charge in [-0.25, -0.2) is 0 Å². The number of carbonyl (C=O) groups is 1. The Morgan fingerprint density at radius 1 is 1.04 bits per heavy atom. The first-order valence-corrected chi connectivity index (χ1v) is 9.33. The van der Waals surface area contributed by atoms with Gasteiger partial charge in [-0.3, -0.25) is 4.79 Å². The lowest BCUT2D eigenvalue weighted by Gasteiger charge is -2.16. The van der Waals surface area contributed by atoms with E-state index in [1.807, 2.05) is 43.3 Å². The molecular formula is C21H26ClNO3. The number of anilines is 1. The van der Waals surface area contributed by atoms with Crippen molar-refractivity contribution in [1.82, 2.24) is 0 Å². The number of hydrogen-bond acceptors (Lipinski definition) is 3. The summed E-state index contributed by atoms with van der Waals surface area (Å²) in [7, 11) is 1.63. The van der Waals surface area contributed by atoms with Crippen LogP contribution in [-0.4, -0.2) is 19.6 Å². The van der Waals surface area contributed by atoms with Crippen molar-refractivity contribution in [2.24, 2.45) is 0 Å². The van der Waals surface area contributed by atoms with Crippen molar-refractivity contribution < 1.29 is 14.3 Å². The second kappa shape index (κ2) is 10.1. The van der Waals surface area contributed by atoms with E-state index in [0.29, 0.717) is 24.5 Å². The van der Waals surface area contributed by atoms with Crippen LogP contribution in [0, 0.1) is 0 Å². The molecule has 0 bridgehead atoms. The summed E-state index contributed by atoms with van der Waals surface area (Å²) in [6, 6.07) is 11.3. The number of methoxy groups -OCH3 is 1. The van der Waals surface area contributed by atoms with Crippen LogP contribution in [0.15, 0.2) is 36.4 Å². The van der Waals surface area contributed by atoms with Crippen molar-refractivity contribution in [2.45, 2.75) is 39.5 Å². The zero-order valence-corrected chi connectivity index (χ0v) is 16.4. The monoisotopic (exact) mass is 375 g/mol. The van der Waals surface area contributed by atoms with Crippen LogP contribution in [-0.2, 0) is 17.6 Å². The lowest BCUT2D eigenvalue weighted by atomic mass is 10.0. The smallest absolute Gasteiger partial charge is 0.224 e. The number of benzene rings is 2. The molecule has 0 fully saturated rings. The van der Waals surface area contributed by atoms with Crippen molar-refractivity contribution in [3.05, 3.63) is 52.5 Å². The first-order valence-electron chi connectivity index (χ1n) is 8.96. The topological polar surface area (TPSA) is 47.6 Å². The molecule has 0 saturated heterocycles. The Balaban J connectivity index is 1.86. The molecule has 0 heterocycles. The molecule has 0 unspecified atom stereocenters. The number of halogens is 1. The van der Waals surface area contributed by atoms with Crippen LogP contribution in [0.25, 0.3) is 0 Å². The lowest BCUT2D eigenvalue weighted by Crippen LogP contribution is -2.15. The van der Waals surface area contributed by atoms with Gasteiger partial charge in [0.05, 0.1) is 13.7 Å². The summed E-state index contributed by atoms with van der Waals surface area (Å²) in [5, 5.41) is 3.74. The molecular weight excluding hydrogens is 350 g/mol. The van der Waals surface area contributed by atoms with Crippen molar-refractivity contribution in [3.8, 4) is 11.5 Å². The van der Waals surface area contributed by atoms with E-state index in [-0.39, 0.29) is 5.91 Å². The molecule has 0 aromatic heterocycles. The standard InChI is InChI=1S/C21H26ClNO3/c1-4-15-8-13-19(22)18(5-2)21(15)23-20(24)7-6-14-26-17-11-9-16(25-3)10-12-17/h8-13H,4-7,14H2,1-3H3,(H,23,24). The maximum Gasteiger partial charge on any atom is 0.224 e. The third-order valence-electron chi connectivity index (χ3n) is 4.22. The molecule has 26 heavy (non-hydrogen) atoms. The Morgan fingerprint density at radius 2 is 1.73 bits per heavy atom. The van der Waals surface area contributed by atoms with E-state index in [4.69, 9.17) is 21.1 Å². The Morgan fingerprint density at radius 3 is 2.35 bits per heavy atom. The zero-order chi connectivity index (χ0) is 18.9. The molecule has 2 rings (SSSR count). The van der Waals surface area contributed by atoms with Gasteiger partial charge in [-0.2, -0.15) is 0 Å². The zero-order valence-electron chi connectivity index (χ0n) is 15.6. The van der Waals surface area contributed by atoms with Gasteiger partial charge in [0.25, 0.3) is 0 Å². The first-order chi connectivity index (χ1) is 12.6. The second-order valence-electron chi connectivity index (χ2n) is 5.94. The number of amides is 1. The lowest BCUT2D eigenvalue weighted by molar-refractivity contribution is -0.116. The van der Waals surface area contributed by atoms with Crippen LogP contribution in [0.4, 0.5) is 5.69 Å². The number of ether oxygens (including phenoxy) is 2. The van der Waals surface area contributed by atoms with Crippen molar-refractivity contribution in [1.29, 1.82) is 0 Å². The van der Waals surface area contributed by atoms with Gasteiger partial charge in [0.2, 0.25) is 5.91 Å². The molecule has 2 aromatic rings. The Hall–Kier alpha value is -2.20. The highest BCUT2D eigenvalue weighted by Gasteiger charge is 2.13. The van der Waals surface area contributed by atoms with Crippen LogP contribution in [0.3, 0.4) is 0 Å². The Bertz CT molecular complexity index is 729. The molecule has 1 N–H and O–H groups in total. The highest BCUT2D eigenvalue weighted by molar-refractivity contribution is 6.32. The van der Waals surface area contributed by atoms with Gasteiger partial charge in [-0.05, 0) is 60.7 Å². The number of rotatable bonds is 9. The minimum absolute atomic E-state index is 0.0185. The maximum absolute atomic E-state index is 12.3. The highest BCUT2D eigenvalue weighted by atomic mass is 35.5. The Kier molecular flexibility index (Phi) is 7.79. The highest BCUT2D eigenvalue weighted by Crippen LogP contribution is 2.29. The number of aryl methyl sites for hydroxylation is 1. The molecule has 1 amide bonds. The van der Waals surface area contributed by atoms with Crippen LogP contribution < -0.4 is 14.8 Å². The first kappa shape index (κ1) is 20.1. The largest absolute Gasteiger partial charge is 0.497 e. The van der Waals surface area contributed by atoms with Crippen molar-refractivity contribution in [2.75, 3.05) is 19.0 Å². The maximum atomic E-state index is 12.3. The van der Waals surface area contributed by atoms with E-state index in [1.165, 1.54) is 0 Å². The van der Waals surface area contributed by atoms with Crippen molar-refractivity contribution >= 4 is 23.2 Å². The van der Waals surface area contributed by atoms with Gasteiger partial charge in [0.1, 0.15) is 11.5 Å². The fourth-order valence-electron chi connectivity index (χ4n) is 2.76. The number of hydrogen-bond donors (Lipinski definition) is 1. The minimum Gasteiger partial charge on any atom is -0.497 e. The van der Waals surface area contributed by atoms with E-state index >= 15 is 0 Å². The van der Waals surface area contributed by atoms with E-state index in [1.54, 1.807) is 7.11 Å². The fourth-order valence-corrected chi connectivity index (χ4v) is 3.05. The van der Waals surface area contributed by atoms with Crippen LogP contribution in [0.1, 0.15) is 37.8 Å². The molecule has 0 spiro atoms. The van der Waals surface area contributed by atoms with Crippen LogP contribution >= 0.6 is 11.6 Å². The summed E-state index contributed by atoms with van der Waals surface area (Å²) in [4.78, 5) is 12.3. The average molecular weight is 376 g/mol. The third kappa shape index (κ3) is 5.40. The number of nitrogens with one attached hydrogen (secondary N) is 1. The van der Waals surface area contributed by atoms with Gasteiger partial charge >= 0.3 is 0 Å². The number of carbonyl (C=O) groups excluding carboxylic acids is 1. The normalized spacial score (nSPS) is 10.5. The van der Waals surface area contributed by atoms with Gasteiger partial charge in [-0.15, -0.1) is 0 Å². The van der Waals surface area contributed by atoms with Crippen LogP contribution in [0.5, 0.6) is 11.5 Å². The average Bonchev–Trinajstić information content (AvgIpc) is 2.66. The van der Waals surface area contributed by atoms with Gasteiger partial charge in [0, 0.05) is 17.1 Å². The summed E-state index contributed by atoms with van der Waals surface area (Å²) < 4.78 is 10.8. The molecule has 4 nitrogen and oxygen atoms in total. The Labute approximate surface area is 160 Å². The summed E-state index contributed by atoms with van der Waals surface area (Å²) in [6.45, 7) is 4.59. The molecule has 0 aliphatic rings. The molecule has 0 atom stereocenters. The molecule has 5 heteroatoms. The predicted octanol–water partition coefficient (Wildman–Crippen LogP) is 5.27. The van der Waals surface area contributed by atoms with E-state index in [2.05, 4.69) is 12.2 Å². The second-order valence-corrected chi connectivity index (χ2v) is 6.35. The van der Waals surface area contributed by atoms with E-state index in [0.717, 1.165) is 41.2 Å². The van der Waals surface area contributed by atoms with Gasteiger partial charge in [0.15, 0.2) is 0 Å². The summed E-state index contributed by atoms with van der Waals surface area (Å²) >= 11 is 6.28. The van der Waals surface area contributed by atoms with Gasteiger partial charge in [-0.1, -0.05) is 31.5 Å². The molecule has 2 aromatic carbocycles. The van der Waals surface area contributed by atoms with E-state index < -0.39 is 0 Å². The molecule has 0 aliphatic heterocycles. The van der Waals surface area contributed by atoms with Crippen LogP contribution in [0.2, 0.25) is 5.02 Å². The predicted molar refractivity (Wildman–Crippen MR) is 107 cm³/mol. The third-order valence-corrected chi connectivity index (χ3v) is 4.57. The molecule has 140 valence electrons. The summed E-state index contributed by atoms with van der Waals surface area (Å²) in [5.74, 6) is 1.54. The summed E-state index contributed by atoms with van der Waals surface area (Å²) in [5.41, 5.74) is 2.96.